The molecule has 1 unspecified atom stereocenters. The van der Waals surface area contributed by atoms with Gasteiger partial charge in [-0.3, -0.25) is 4.79 Å². The summed E-state index contributed by atoms with van der Waals surface area (Å²) in [5.41, 5.74) is 3.40. The van der Waals surface area contributed by atoms with Gasteiger partial charge < -0.3 is 10.0 Å². The van der Waals surface area contributed by atoms with Gasteiger partial charge in [-0.1, -0.05) is 12.1 Å². The molecule has 2 rings (SSSR count). The quantitative estimate of drug-likeness (QED) is 0.846. The van der Waals surface area contributed by atoms with E-state index in [2.05, 4.69) is 24.8 Å². The van der Waals surface area contributed by atoms with Gasteiger partial charge in [-0.05, 0) is 37.5 Å². The first-order chi connectivity index (χ1) is 7.63. The second kappa shape index (κ2) is 4.16. The van der Waals surface area contributed by atoms with Crippen LogP contribution >= 0.6 is 0 Å². The van der Waals surface area contributed by atoms with E-state index < -0.39 is 5.97 Å². The molecule has 0 saturated heterocycles. The first kappa shape index (κ1) is 11.0. The fourth-order valence-corrected chi connectivity index (χ4v) is 2.58. The molecule has 1 atom stereocenters. The van der Waals surface area contributed by atoms with Crippen molar-refractivity contribution >= 4 is 11.7 Å². The lowest BCUT2D eigenvalue weighted by Crippen LogP contribution is -2.28. The highest BCUT2D eigenvalue weighted by Crippen LogP contribution is 2.34. The molecule has 0 aliphatic carbocycles. The zero-order valence-electron chi connectivity index (χ0n) is 9.73. The monoisotopic (exact) mass is 219 g/mol. The summed E-state index contributed by atoms with van der Waals surface area (Å²) >= 11 is 0. The van der Waals surface area contributed by atoms with Crippen LogP contribution in [0.2, 0.25) is 0 Å². The number of benzene rings is 1. The van der Waals surface area contributed by atoms with Crippen molar-refractivity contribution < 1.29 is 9.90 Å². The van der Waals surface area contributed by atoms with Crippen LogP contribution in [0.4, 0.5) is 5.69 Å². The molecule has 0 saturated carbocycles. The Kier molecular flexibility index (Phi) is 2.86. The molecule has 1 aromatic carbocycles. The summed E-state index contributed by atoms with van der Waals surface area (Å²) in [7, 11) is 0. The molecular weight excluding hydrogens is 202 g/mol. The summed E-state index contributed by atoms with van der Waals surface area (Å²) in [5.74, 6) is -0.754. The Balaban J connectivity index is 2.39. The van der Waals surface area contributed by atoms with Crippen LogP contribution in [0.25, 0.3) is 0 Å². The zero-order chi connectivity index (χ0) is 11.7. The summed E-state index contributed by atoms with van der Waals surface area (Å²) in [6.07, 6.45) is 1.10. The van der Waals surface area contributed by atoms with Gasteiger partial charge in [0.25, 0.3) is 0 Å². The van der Waals surface area contributed by atoms with Crippen molar-refractivity contribution in [2.45, 2.75) is 32.7 Å². The lowest BCUT2D eigenvalue weighted by atomic mass is 10.0. The molecule has 1 aliphatic rings. The lowest BCUT2D eigenvalue weighted by Gasteiger charge is -2.22. The summed E-state index contributed by atoms with van der Waals surface area (Å²) in [4.78, 5) is 13.1. The van der Waals surface area contributed by atoms with Gasteiger partial charge in [-0.15, -0.1) is 0 Å². The van der Waals surface area contributed by atoms with Crippen LogP contribution < -0.4 is 4.90 Å². The molecule has 0 bridgehead atoms. The normalized spacial score (nSPS) is 18.6. The van der Waals surface area contributed by atoms with Crippen molar-refractivity contribution in [1.82, 2.24) is 0 Å². The van der Waals surface area contributed by atoms with Gasteiger partial charge in [0.1, 0.15) is 0 Å². The van der Waals surface area contributed by atoms with E-state index in [0.717, 1.165) is 18.5 Å². The number of hydrogen-bond acceptors (Lipinski definition) is 2. The zero-order valence-corrected chi connectivity index (χ0v) is 9.73. The molecule has 3 heteroatoms. The Hall–Kier alpha value is -1.51. The first-order valence-corrected chi connectivity index (χ1v) is 5.72. The third-order valence-corrected chi connectivity index (χ3v) is 3.27. The number of nitrogens with zero attached hydrogens (tertiary/aromatic N) is 1. The predicted molar refractivity (Wildman–Crippen MR) is 64.0 cm³/mol. The van der Waals surface area contributed by atoms with Crippen LogP contribution in [0.15, 0.2) is 18.2 Å². The SMILES string of the molecule is CCN1c2cccc(CC(=O)O)c2CC1C. The number of anilines is 1. The highest BCUT2D eigenvalue weighted by atomic mass is 16.4. The van der Waals surface area contributed by atoms with Crippen LogP contribution in [-0.2, 0) is 17.6 Å². The van der Waals surface area contributed by atoms with Crippen LogP contribution in [0.3, 0.4) is 0 Å². The minimum Gasteiger partial charge on any atom is -0.481 e. The maximum Gasteiger partial charge on any atom is 0.307 e. The van der Waals surface area contributed by atoms with Crippen molar-refractivity contribution in [2.75, 3.05) is 11.4 Å². The van der Waals surface area contributed by atoms with E-state index in [9.17, 15) is 4.79 Å². The highest BCUT2D eigenvalue weighted by Gasteiger charge is 2.26. The minimum absolute atomic E-state index is 0.132. The van der Waals surface area contributed by atoms with Crippen LogP contribution in [0, 0.1) is 0 Å². The van der Waals surface area contributed by atoms with Gasteiger partial charge >= 0.3 is 5.97 Å². The molecule has 3 nitrogen and oxygen atoms in total. The maximum absolute atomic E-state index is 10.8. The predicted octanol–water partition coefficient (Wildman–Crippen LogP) is 2.08. The molecule has 0 spiro atoms. The van der Waals surface area contributed by atoms with Crippen molar-refractivity contribution in [3.63, 3.8) is 0 Å². The van der Waals surface area contributed by atoms with Crippen molar-refractivity contribution in [3.8, 4) is 0 Å². The summed E-state index contributed by atoms with van der Waals surface area (Å²) < 4.78 is 0. The molecule has 1 aliphatic heterocycles. The van der Waals surface area contributed by atoms with E-state index in [1.165, 1.54) is 11.3 Å². The Morgan fingerprint density at radius 3 is 2.94 bits per heavy atom. The van der Waals surface area contributed by atoms with Gasteiger partial charge in [-0.25, -0.2) is 0 Å². The third kappa shape index (κ3) is 1.77. The van der Waals surface area contributed by atoms with Crippen LogP contribution in [0.5, 0.6) is 0 Å². The van der Waals surface area contributed by atoms with Crippen molar-refractivity contribution in [2.24, 2.45) is 0 Å². The standard InChI is InChI=1S/C13H17NO2/c1-3-14-9(2)7-11-10(8-13(15)16)5-4-6-12(11)14/h4-6,9H,3,7-8H2,1-2H3,(H,15,16). The molecule has 1 aromatic rings. The molecule has 1 N–H and O–H groups in total. The van der Waals surface area contributed by atoms with Gasteiger partial charge in [0.2, 0.25) is 0 Å². The number of fused-ring (bicyclic) bond motifs is 1. The molecule has 0 fully saturated rings. The Morgan fingerprint density at radius 1 is 1.56 bits per heavy atom. The van der Waals surface area contributed by atoms with E-state index in [4.69, 9.17) is 5.11 Å². The van der Waals surface area contributed by atoms with Gasteiger partial charge in [0.05, 0.1) is 6.42 Å². The van der Waals surface area contributed by atoms with E-state index in [1.807, 2.05) is 12.1 Å². The number of carboxylic acids is 1. The summed E-state index contributed by atoms with van der Waals surface area (Å²) in [6, 6.07) is 6.46. The highest BCUT2D eigenvalue weighted by molar-refractivity contribution is 5.73. The van der Waals surface area contributed by atoms with E-state index in [-0.39, 0.29) is 6.42 Å². The van der Waals surface area contributed by atoms with Crippen molar-refractivity contribution in [3.05, 3.63) is 29.3 Å². The van der Waals surface area contributed by atoms with Gasteiger partial charge in [0, 0.05) is 18.3 Å². The second-order valence-electron chi connectivity index (χ2n) is 4.32. The molecular formula is C13H17NO2. The fraction of sp³-hybridized carbons (Fsp3) is 0.462. The summed E-state index contributed by atoms with van der Waals surface area (Å²) in [5, 5.41) is 8.87. The van der Waals surface area contributed by atoms with Gasteiger partial charge in [-0.2, -0.15) is 0 Å². The minimum atomic E-state index is -0.754. The fourth-order valence-electron chi connectivity index (χ4n) is 2.58. The Labute approximate surface area is 95.7 Å². The Morgan fingerprint density at radius 2 is 2.31 bits per heavy atom. The third-order valence-electron chi connectivity index (χ3n) is 3.27. The first-order valence-electron chi connectivity index (χ1n) is 5.72. The van der Waals surface area contributed by atoms with Crippen LogP contribution in [0.1, 0.15) is 25.0 Å². The van der Waals surface area contributed by atoms with Crippen LogP contribution in [-0.4, -0.2) is 23.7 Å². The number of carboxylic acid groups (broad SMARTS) is 1. The average Bonchev–Trinajstić information content (AvgIpc) is 2.54. The molecule has 86 valence electrons. The number of likely N-dealkylation sites (N-methyl/N-ethyl adjacent to an activating group) is 1. The van der Waals surface area contributed by atoms with E-state index in [1.54, 1.807) is 0 Å². The number of aliphatic carboxylic acids is 1. The number of carbonyl (C=O) groups is 1. The summed E-state index contributed by atoms with van der Waals surface area (Å²) in [6.45, 7) is 5.30. The van der Waals surface area contributed by atoms with E-state index in [0.29, 0.717) is 6.04 Å². The molecule has 0 radical (unpaired) electrons. The number of rotatable bonds is 3. The maximum atomic E-state index is 10.8. The average molecular weight is 219 g/mol. The van der Waals surface area contributed by atoms with E-state index >= 15 is 0 Å². The largest absolute Gasteiger partial charge is 0.481 e. The van der Waals surface area contributed by atoms with Gasteiger partial charge in [0.15, 0.2) is 0 Å². The smallest absolute Gasteiger partial charge is 0.307 e. The van der Waals surface area contributed by atoms with Crippen molar-refractivity contribution in [1.29, 1.82) is 0 Å². The number of hydrogen-bond donors (Lipinski definition) is 1. The molecule has 0 amide bonds. The topological polar surface area (TPSA) is 40.5 Å². The molecule has 1 heterocycles. The second-order valence-corrected chi connectivity index (χ2v) is 4.32. The molecule has 0 aromatic heterocycles. The molecule has 16 heavy (non-hydrogen) atoms. The Bertz CT molecular complexity index is 414. The lowest BCUT2D eigenvalue weighted by molar-refractivity contribution is -0.136.